The van der Waals surface area contributed by atoms with Crippen LogP contribution in [-0.2, 0) is 29.0 Å². The van der Waals surface area contributed by atoms with Gasteiger partial charge in [0.15, 0.2) is 0 Å². The fourth-order valence-electron chi connectivity index (χ4n) is 1.82. The maximum Gasteiger partial charge on any atom is 0.338 e. The molecule has 24 heavy (non-hydrogen) atoms. The Kier molecular flexibility index (Phi) is 8.15. The van der Waals surface area contributed by atoms with Crippen molar-refractivity contribution in [3.8, 4) is 11.4 Å². The van der Waals surface area contributed by atoms with Crippen molar-refractivity contribution in [2.45, 2.75) is 6.92 Å². The average Bonchev–Trinajstić information content (AvgIpc) is 2.59. The number of carbonyl (C=O) groups excluding carboxylic acids is 1. The molecule has 0 aromatic carbocycles. The number of hydrogen-bond donors (Lipinski definition) is 1. The minimum atomic E-state index is -1.06. The van der Waals surface area contributed by atoms with E-state index in [9.17, 15) is 9.59 Å². The molecule has 0 atom stereocenters. The third-order valence-corrected chi connectivity index (χ3v) is 2.93. The van der Waals surface area contributed by atoms with Gasteiger partial charge in [0.2, 0.25) is 0 Å². The average molecular weight is 417 g/mol. The molecule has 7 nitrogen and oxygen atoms in total. The zero-order chi connectivity index (χ0) is 16.7. The number of aromatic carboxylic acids is 1. The summed E-state index contributed by atoms with van der Waals surface area (Å²) < 4.78 is 10.2. The molecule has 2 heterocycles. The molecule has 0 fully saturated rings. The minimum absolute atomic E-state index is 0. The first-order chi connectivity index (χ1) is 11.1. The van der Waals surface area contributed by atoms with E-state index in [4.69, 9.17) is 14.6 Å². The molecule has 0 spiro atoms. The molecule has 0 unspecified atom stereocenters. The van der Waals surface area contributed by atoms with Gasteiger partial charge >= 0.3 is 11.9 Å². The summed E-state index contributed by atoms with van der Waals surface area (Å²) in [6.45, 7) is 2.91. The smallest absolute Gasteiger partial charge is 0.338 e. The number of carboxylic acids is 1. The second-order valence-corrected chi connectivity index (χ2v) is 4.50. The molecule has 0 radical (unpaired) electrons. The molecule has 8 heteroatoms. The van der Waals surface area contributed by atoms with Gasteiger partial charge in [0.1, 0.15) is 6.61 Å². The van der Waals surface area contributed by atoms with Crippen molar-refractivity contribution in [1.29, 1.82) is 0 Å². The number of aromatic nitrogens is 2. The Labute approximate surface area is 151 Å². The van der Waals surface area contributed by atoms with Crippen LogP contribution < -0.4 is 0 Å². The van der Waals surface area contributed by atoms with Crippen molar-refractivity contribution in [2.24, 2.45) is 0 Å². The van der Waals surface area contributed by atoms with Gasteiger partial charge < -0.3 is 14.6 Å². The summed E-state index contributed by atoms with van der Waals surface area (Å²) in [5.41, 5.74) is 1.18. The van der Waals surface area contributed by atoms with Crippen molar-refractivity contribution in [1.82, 2.24) is 9.97 Å². The van der Waals surface area contributed by atoms with Crippen LogP contribution in [0.1, 0.15) is 27.6 Å². The molecular formula is C16H16N2O5Ru. The van der Waals surface area contributed by atoms with Gasteiger partial charge in [0.25, 0.3) is 0 Å². The molecule has 0 saturated carbocycles. The largest absolute Gasteiger partial charge is 0.478 e. The van der Waals surface area contributed by atoms with E-state index in [1.54, 1.807) is 0 Å². The molecule has 2 aromatic rings. The van der Waals surface area contributed by atoms with Crippen molar-refractivity contribution >= 4 is 11.9 Å². The number of esters is 1. The Morgan fingerprint density at radius 2 is 1.62 bits per heavy atom. The Morgan fingerprint density at radius 1 is 1.04 bits per heavy atom. The van der Waals surface area contributed by atoms with E-state index in [0.29, 0.717) is 30.2 Å². The van der Waals surface area contributed by atoms with Crippen LogP contribution in [0.25, 0.3) is 11.4 Å². The van der Waals surface area contributed by atoms with Crippen molar-refractivity contribution in [3.63, 3.8) is 0 Å². The molecule has 0 saturated heterocycles. The SMILES string of the molecule is CCOCCOC(=O)c1ccnc(-c2cc(C(=O)O)ccn2)c1.[Ru]. The fraction of sp³-hybridized carbons (Fsp3) is 0.250. The normalized spacial score (nSPS) is 9.88. The summed E-state index contributed by atoms with van der Waals surface area (Å²) in [5.74, 6) is -1.55. The molecule has 0 amide bonds. The number of carbonyl (C=O) groups is 2. The number of nitrogens with zero attached hydrogens (tertiary/aromatic N) is 2. The number of pyridine rings is 2. The van der Waals surface area contributed by atoms with Crippen molar-refractivity contribution < 1.29 is 43.6 Å². The number of ether oxygens (including phenoxy) is 2. The first-order valence-electron chi connectivity index (χ1n) is 7.02. The molecule has 1 N–H and O–H groups in total. The van der Waals surface area contributed by atoms with Crippen molar-refractivity contribution in [2.75, 3.05) is 19.8 Å². The summed E-state index contributed by atoms with van der Waals surface area (Å²) in [6.07, 6.45) is 2.83. The standard InChI is InChI=1S/C16H16N2O5.Ru/c1-2-22-7-8-23-16(21)12-4-6-18-14(10-12)13-9-11(15(19)20)3-5-17-13;/h3-6,9-10H,2,7-8H2,1H3,(H,19,20);. The van der Waals surface area contributed by atoms with Crippen LogP contribution in [0.15, 0.2) is 36.7 Å². The van der Waals surface area contributed by atoms with E-state index < -0.39 is 11.9 Å². The van der Waals surface area contributed by atoms with Crippen LogP contribution in [0.2, 0.25) is 0 Å². The second kappa shape index (κ2) is 9.85. The predicted octanol–water partition coefficient (Wildman–Crippen LogP) is 2.03. The summed E-state index contributed by atoms with van der Waals surface area (Å²) in [4.78, 5) is 31.1. The predicted molar refractivity (Wildman–Crippen MR) is 81.2 cm³/mol. The Morgan fingerprint density at radius 3 is 2.21 bits per heavy atom. The Hall–Kier alpha value is -2.18. The van der Waals surface area contributed by atoms with Gasteiger partial charge in [-0.2, -0.15) is 0 Å². The topological polar surface area (TPSA) is 98.6 Å². The van der Waals surface area contributed by atoms with E-state index in [1.165, 1.54) is 36.7 Å². The van der Waals surface area contributed by atoms with Gasteiger partial charge in [-0.3, -0.25) is 9.97 Å². The number of rotatable bonds is 7. The first kappa shape index (κ1) is 19.9. The zero-order valence-corrected chi connectivity index (χ0v) is 14.7. The Bertz CT molecular complexity index is 708. The summed E-state index contributed by atoms with van der Waals surface area (Å²) in [5, 5.41) is 9.01. The zero-order valence-electron chi connectivity index (χ0n) is 12.9. The summed E-state index contributed by atoms with van der Waals surface area (Å²) in [7, 11) is 0. The van der Waals surface area contributed by atoms with Crippen molar-refractivity contribution in [3.05, 3.63) is 47.8 Å². The number of hydrogen-bond acceptors (Lipinski definition) is 6. The maximum absolute atomic E-state index is 11.9. The number of carboxylic acid groups (broad SMARTS) is 1. The van der Waals surface area contributed by atoms with Crippen LogP contribution in [0.3, 0.4) is 0 Å². The van der Waals surface area contributed by atoms with Crippen LogP contribution in [0.4, 0.5) is 0 Å². The van der Waals surface area contributed by atoms with Crippen LogP contribution in [0.5, 0.6) is 0 Å². The fourth-order valence-corrected chi connectivity index (χ4v) is 1.82. The van der Waals surface area contributed by atoms with Gasteiger partial charge in [0.05, 0.1) is 29.1 Å². The van der Waals surface area contributed by atoms with E-state index >= 15 is 0 Å². The van der Waals surface area contributed by atoms with E-state index in [-0.39, 0.29) is 31.6 Å². The quantitative estimate of drug-likeness (QED) is 0.418. The molecule has 0 aliphatic carbocycles. The maximum atomic E-state index is 11.9. The van der Waals surface area contributed by atoms with Gasteiger partial charge in [-0.1, -0.05) is 0 Å². The third kappa shape index (κ3) is 5.47. The van der Waals surface area contributed by atoms with Gasteiger partial charge in [-0.05, 0) is 31.2 Å². The molecule has 0 aliphatic rings. The first-order valence-corrected chi connectivity index (χ1v) is 7.02. The molecule has 2 aromatic heterocycles. The van der Waals surface area contributed by atoms with Crippen LogP contribution in [-0.4, -0.2) is 46.8 Å². The van der Waals surface area contributed by atoms with E-state index in [0.717, 1.165) is 0 Å². The van der Waals surface area contributed by atoms with E-state index in [1.807, 2.05) is 6.92 Å². The monoisotopic (exact) mass is 418 g/mol. The molecule has 2 rings (SSSR count). The Balaban J connectivity index is 0.00000288. The van der Waals surface area contributed by atoms with Gasteiger partial charge in [-0.25, -0.2) is 9.59 Å². The summed E-state index contributed by atoms with van der Waals surface area (Å²) in [6, 6.07) is 5.82. The summed E-state index contributed by atoms with van der Waals surface area (Å²) >= 11 is 0. The second-order valence-electron chi connectivity index (χ2n) is 4.50. The molecule has 0 bridgehead atoms. The third-order valence-electron chi connectivity index (χ3n) is 2.93. The molecular weight excluding hydrogens is 401 g/mol. The van der Waals surface area contributed by atoms with Gasteiger partial charge in [0, 0.05) is 38.5 Å². The molecule has 0 aliphatic heterocycles. The van der Waals surface area contributed by atoms with Crippen LogP contribution >= 0.6 is 0 Å². The minimum Gasteiger partial charge on any atom is -0.478 e. The molecule has 128 valence electrons. The van der Waals surface area contributed by atoms with Gasteiger partial charge in [-0.15, -0.1) is 0 Å². The van der Waals surface area contributed by atoms with E-state index in [2.05, 4.69) is 9.97 Å². The van der Waals surface area contributed by atoms with Crippen LogP contribution in [0, 0.1) is 0 Å².